The van der Waals surface area contributed by atoms with Crippen LogP contribution in [0.2, 0.25) is 0 Å². The van der Waals surface area contributed by atoms with E-state index in [2.05, 4.69) is 11.4 Å². The standard InChI is InChI=1S/C15H21NO2S/c17-14(18)15(16-10-13-4-2-8-19-13)7-1-3-12(9-15)11-5-6-11/h2,4,8,11-12,16H,1,3,5-7,9-10H2,(H,17,18). The Morgan fingerprint density at radius 3 is 2.89 bits per heavy atom. The van der Waals surface area contributed by atoms with Crippen molar-refractivity contribution >= 4 is 17.3 Å². The molecule has 4 heteroatoms. The highest BCUT2D eigenvalue weighted by atomic mass is 32.1. The van der Waals surface area contributed by atoms with Gasteiger partial charge in [0, 0.05) is 11.4 Å². The lowest BCUT2D eigenvalue weighted by atomic mass is 9.73. The Labute approximate surface area is 118 Å². The zero-order valence-electron chi connectivity index (χ0n) is 11.1. The van der Waals surface area contributed by atoms with E-state index in [-0.39, 0.29) is 0 Å². The van der Waals surface area contributed by atoms with Crippen molar-refractivity contribution in [1.29, 1.82) is 0 Å². The monoisotopic (exact) mass is 279 g/mol. The van der Waals surface area contributed by atoms with Crippen LogP contribution in [0.1, 0.15) is 43.4 Å². The molecule has 0 spiro atoms. The second-order valence-corrected chi connectivity index (χ2v) is 7.05. The van der Waals surface area contributed by atoms with Crippen LogP contribution in [0.3, 0.4) is 0 Å². The lowest BCUT2D eigenvalue weighted by molar-refractivity contribution is -0.147. The molecule has 2 unspecified atom stereocenters. The van der Waals surface area contributed by atoms with Crippen LogP contribution in [-0.4, -0.2) is 16.6 Å². The van der Waals surface area contributed by atoms with Crippen LogP contribution >= 0.6 is 11.3 Å². The fourth-order valence-electron chi connectivity index (χ4n) is 3.39. The van der Waals surface area contributed by atoms with Crippen molar-refractivity contribution in [1.82, 2.24) is 5.32 Å². The second kappa shape index (κ2) is 5.25. The molecule has 104 valence electrons. The Bertz CT molecular complexity index is 441. The van der Waals surface area contributed by atoms with Crippen LogP contribution in [0.25, 0.3) is 0 Å². The molecule has 2 saturated carbocycles. The predicted octanol–water partition coefficient (Wildman–Crippen LogP) is 3.26. The summed E-state index contributed by atoms with van der Waals surface area (Å²) in [4.78, 5) is 13.0. The van der Waals surface area contributed by atoms with Crippen molar-refractivity contribution in [2.75, 3.05) is 0 Å². The normalized spacial score (nSPS) is 31.3. The Hall–Kier alpha value is -0.870. The maximum absolute atomic E-state index is 11.8. The summed E-state index contributed by atoms with van der Waals surface area (Å²) < 4.78 is 0. The Balaban J connectivity index is 1.68. The van der Waals surface area contributed by atoms with Gasteiger partial charge in [0.15, 0.2) is 0 Å². The minimum atomic E-state index is -0.685. The molecule has 2 aliphatic rings. The number of carboxylic acid groups (broad SMARTS) is 1. The third-order valence-electron chi connectivity index (χ3n) is 4.67. The first kappa shape index (κ1) is 13.1. The highest BCUT2D eigenvalue weighted by Gasteiger charge is 2.46. The van der Waals surface area contributed by atoms with Gasteiger partial charge in [-0.25, -0.2) is 0 Å². The molecule has 1 aromatic heterocycles. The zero-order valence-corrected chi connectivity index (χ0v) is 11.9. The number of thiophene rings is 1. The summed E-state index contributed by atoms with van der Waals surface area (Å²) in [5.74, 6) is 0.776. The van der Waals surface area contributed by atoms with Gasteiger partial charge in [-0.3, -0.25) is 10.1 Å². The minimum absolute atomic E-state index is 0.626. The van der Waals surface area contributed by atoms with Crippen molar-refractivity contribution in [3.05, 3.63) is 22.4 Å². The first-order chi connectivity index (χ1) is 9.20. The molecule has 3 nitrogen and oxygen atoms in total. The Morgan fingerprint density at radius 2 is 2.26 bits per heavy atom. The number of rotatable bonds is 5. The van der Waals surface area contributed by atoms with Gasteiger partial charge in [0.1, 0.15) is 5.54 Å². The summed E-state index contributed by atoms with van der Waals surface area (Å²) in [7, 11) is 0. The number of hydrogen-bond acceptors (Lipinski definition) is 3. The molecular formula is C15H21NO2S. The number of carboxylic acids is 1. The highest BCUT2D eigenvalue weighted by molar-refractivity contribution is 7.09. The lowest BCUT2D eigenvalue weighted by Crippen LogP contribution is -2.54. The first-order valence-corrected chi connectivity index (χ1v) is 8.08. The van der Waals surface area contributed by atoms with E-state index in [1.165, 1.54) is 24.1 Å². The van der Waals surface area contributed by atoms with Gasteiger partial charge in [-0.05, 0) is 49.0 Å². The quantitative estimate of drug-likeness (QED) is 0.869. The second-order valence-electron chi connectivity index (χ2n) is 6.01. The minimum Gasteiger partial charge on any atom is -0.480 e. The van der Waals surface area contributed by atoms with Crippen LogP contribution in [0.15, 0.2) is 17.5 Å². The molecule has 19 heavy (non-hydrogen) atoms. The Morgan fingerprint density at radius 1 is 1.42 bits per heavy atom. The molecule has 0 amide bonds. The van der Waals surface area contributed by atoms with Crippen molar-refractivity contribution < 1.29 is 9.90 Å². The average molecular weight is 279 g/mol. The van der Waals surface area contributed by atoms with Crippen molar-refractivity contribution in [3.63, 3.8) is 0 Å². The van der Waals surface area contributed by atoms with Crippen LogP contribution in [0.5, 0.6) is 0 Å². The number of aliphatic carboxylic acids is 1. The van der Waals surface area contributed by atoms with E-state index in [0.717, 1.165) is 25.2 Å². The molecule has 0 aliphatic heterocycles. The summed E-state index contributed by atoms with van der Waals surface area (Å²) in [6.07, 6.45) is 6.48. The molecule has 2 aliphatic carbocycles. The SMILES string of the molecule is O=C(O)C1(NCc2cccs2)CCCC(C2CC2)C1. The number of hydrogen-bond donors (Lipinski definition) is 2. The molecule has 1 aromatic rings. The first-order valence-electron chi connectivity index (χ1n) is 7.20. The van der Waals surface area contributed by atoms with Gasteiger partial charge in [-0.1, -0.05) is 18.9 Å². The fraction of sp³-hybridized carbons (Fsp3) is 0.667. The van der Waals surface area contributed by atoms with Gasteiger partial charge in [0.2, 0.25) is 0 Å². The fourth-order valence-corrected chi connectivity index (χ4v) is 4.03. The Kier molecular flexibility index (Phi) is 3.63. The third kappa shape index (κ3) is 2.84. The lowest BCUT2D eigenvalue weighted by Gasteiger charge is -2.38. The van der Waals surface area contributed by atoms with Gasteiger partial charge in [-0.2, -0.15) is 0 Å². The molecule has 2 N–H and O–H groups in total. The molecule has 1 heterocycles. The van der Waals surface area contributed by atoms with Crippen molar-refractivity contribution in [3.8, 4) is 0 Å². The molecular weight excluding hydrogens is 258 g/mol. The summed E-state index contributed by atoms with van der Waals surface area (Å²) in [6.45, 7) is 0.682. The molecule has 2 atom stereocenters. The van der Waals surface area contributed by atoms with E-state index in [1.54, 1.807) is 11.3 Å². The van der Waals surface area contributed by atoms with Crippen molar-refractivity contribution in [2.24, 2.45) is 11.8 Å². The van der Waals surface area contributed by atoms with Gasteiger partial charge < -0.3 is 5.11 Å². The van der Waals surface area contributed by atoms with Crippen molar-refractivity contribution in [2.45, 2.75) is 50.6 Å². The summed E-state index contributed by atoms with van der Waals surface area (Å²) >= 11 is 1.69. The molecule has 0 aromatic carbocycles. The zero-order chi connectivity index (χ0) is 13.3. The summed E-state index contributed by atoms with van der Waals surface area (Å²) in [5, 5.41) is 15.1. The van der Waals surface area contributed by atoms with Gasteiger partial charge in [0.05, 0.1) is 0 Å². The molecule has 0 bridgehead atoms. The molecule has 3 rings (SSSR count). The third-order valence-corrected chi connectivity index (χ3v) is 5.54. The number of nitrogens with one attached hydrogen (secondary N) is 1. The largest absolute Gasteiger partial charge is 0.480 e. The maximum atomic E-state index is 11.8. The molecule has 2 fully saturated rings. The van der Waals surface area contributed by atoms with E-state index >= 15 is 0 Å². The van der Waals surface area contributed by atoms with E-state index in [0.29, 0.717) is 12.5 Å². The summed E-state index contributed by atoms with van der Waals surface area (Å²) in [6, 6.07) is 4.08. The van der Waals surface area contributed by atoms with Crippen LogP contribution < -0.4 is 5.32 Å². The highest BCUT2D eigenvalue weighted by Crippen LogP contribution is 2.46. The predicted molar refractivity (Wildman–Crippen MR) is 76.2 cm³/mol. The van der Waals surface area contributed by atoms with E-state index in [4.69, 9.17) is 0 Å². The topological polar surface area (TPSA) is 49.3 Å². The van der Waals surface area contributed by atoms with Crippen LogP contribution in [0, 0.1) is 11.8 Å². The average Bonchev–Trinajstić information content (AvgIpc) is 3.14. The van der Waals surface area contributed by atoms with Crippen LogP contribution in [0.4, 0.5) is 0 Å². The van der Waals surface area contributed by atoms with Gasteiger partial charge >= 0.3 is 5.97 Å². The van der Waals surface area contributed by atoms with Crippen LogP contribution in [-0.2, 0) is 11.3 Å². The van der Waals surface area contributed by atoms with E-state index in [1.807, 2.05) is 11.4 Å². The summed E-state index contributed by atoms with van der Waals surface area (Å²) in [5.41, 5.74) is -0.685. The molecule has 0 radical (unpaired) electrons. The van der Waals surface area contributed by atoms with E-state index in [9.17, 15) is 9.90 Å². The van der Waals surface area contributed by atoms with E-state index < -0.39 is 11.5 Å². The molecule has 0 saturated heterocycles. The van der Waals surface area contributed by atoms with Gasteiger partial charge in [-0.15, -0.1) is 11.3 Å². The number of carbonyl (C=O) groups is 1. The van der Waals surface area contributed by atoms with Gasteiger partial charge in [0.25, 0.3) is 0 Å². The maximum Gasteiger partial charge on any atom is 0.323 e. The smallest absolute Gasteiger partial charge is 0.323 e.